The molecule has 1 atom stereocenters. The highest BCUT2D eigenvalue weighted by Gasteiger charge is 2.26. The maximum absolute atomic E-state index is 13.5. The predicted octanol–water partition coefficient (Wildman–Crippen LogP) is 4.67. The van der Waals surface area contributed by atoms with E-state index in [1.54, 1.807) is 47.4 Å². The Hall–Kier alpha value is -5.39. The molecule has 0 spiro atoms. The van der Waals surface area contributed by atoms with Crippen LogP contribution in [0.4, 0.5) is 21.9 Å². The molecule has 4 amide bonds. The van der Waals surface area contributed by atoms with Crippen LogP contribution in [0.5, 0.6) is 5.75 Å². The van der Waals surface area contributed by atoms with E-state index in [1.807, 2.05) is 25.1 Å². The molecule has 0 aromatic heterocycles. The number of aryl methyl sites for hydroxylation is 2. The van der Waals surface area contributed by atoms with Crippen LogP contribution in [0.2, 0.25) is 0 Å². The van der Waals surface area contributed by atoms with Crippen molar-refractivity contribution in [2.24, 2.45) is 0 Å². The molecule has 1 heterocycles. The summed E-state index contributed by atoms with van der Waals surface area (Å²) in [7, 11) is 1.48. The molecule has 0 fully saturated rings. The summed E-state index contributed by atoms with van der Waals surface area (Å²) in [6.07, 6.45) is 0.439. The number of carbonyl (C=O) groups is 5. The lowest BCUT2D eigenvalue weighted by Gasteiger charge is -2.31. The molecule has 5 N–H and O–H groups in total. The van der Waals surface area contributed by atoms with Gasteiger partial charge in [0.25, 0.3) is 0 Å². The summed E-state index contributed by atoms with van der Waals surface area (Å²) in [5.74, 6) is -2.53. The number of benzene rings is 3. The number of carbonyl (C=O) groups excluding carboxylic acids is 3. The van der Waals surface area contributed by atoms with Crippen molar-refractivity contribution in [3.8, 4) is 5.75 Å². The van der Waals surface area contributed by atoms with Crippen LogP contribution in [-0.2, 0) is 32.0 Å². The molecule has 1 aliphatic rings. The number of carboxylic acid groups (broad SMARTS) is 2. The zero-order valence-electron chi connectivity index (χ0n) is 25.1. The second kappa shape index (κ2) is 14.9. The van der Waals surface area contributed by atoms with Gasteiger partial charge in [0.15, 0.2) is 0 Å². The number of anilines is 3. The van der Waals surface area contributed by atoms with Gasteiger partial charge in [0, 0.05) is 24.3 Å². The average molecular weight is 617 g/mol. The molecule has 0 bridgehead atoms. The zero-order valence-corrected chi connectivity index (χ0v) is 25.1. The maximum Gasteiger partial charge on any atom is 0.323 e. The molecule has 0 radical (unpaired) electrons. The van der Waals surface area contributed by atoms with Crippen LogP contribution in [0, 0.1) is 6.92 Å². The first kappa shape index (κ1) is 32.5. The molecule has 0 aliphatic carbocycles. The minimum atomic E-state index is -1.12. The molecule has 0 unspecified atom stereocenters. The van der Waals surface area contributed by atoms with E-state index in [1.165, 1.54) is 7.11 Å². The van der Waals surface area contributed by atoms with Crippen molar-refractivity contribution in [1.29, 1.82) is 0 Å². The van der Waals surface area contributed by atoms with Gasteiger partial charge in [-0.1, -0.05) is 36.4 Å². The standard InChI is InChI=1S/C33H36N4O8/c1-20-6-3-4-8-24(20)35-33(44)36-25-11-9-21(16-28(25)45-2)17-30(39)37-15-5-7-23-18-22(10-12-27(23)37)26(19-32(42)43)34-29(38)13-14-31(40)41/h3-4,6,8-12,16,18,26H,5,7,13-15,17,19H2,1-2H3,(H,34,38)(H,40,41)(H,42,43)(H2,35,36,44)/t26-/m1/s1. The summed E-state index contributed by atoms with van der Waals surface area (Å²) in [5.41, 5.74) is 4.86. The van der Waals surface area contributed by atoms with Crippen molar-refractivity contribution in [1.82, 2.24) is 5.32 Å². The Morgan fingerprint density at radius 2 is 1.67 bits per heavy atom. The fourth-order valence-electron chi connectivity index (χ4n) is 5.21. The summed E-state index contributed by atoms with van der Waals surface area (Å²) in [4.78, 5) is 62.4. The topological polar surface area (TPSA) is 174 Å². The van der Waals surface area contributed by atoms with Crippen LogP contribution >= 0.6 is 0 Å². The first-order valence-corrected chi connectivity index (χ1v) is 14.5. The highest BCUT2D eigenvalue weighted by Crippen LogP contribution is 2.32. The number of para-hydroxylation sites is 1. The molecule has 12 nitrogen and oxygen atoms in total. The first-order valence-electron chi connectivity index (χ1n) is 14.5. The lowest BCUT2D eigenvalue weighted by Crippen LogP contribution is -2.37. The number of carboxylic acids is 2. The highest BCUT2D eigenvalue weighted by molar-refractivity contribution is 6.01. The Bertz CT molecular complexity index is 1610. The van der Waals surface area contributed by atoms with Crippen LogP contribution in [-0.4, -0.2) is 53.7 Å². The molecular weight excluding hydrogens is 580 g/mol. The molecule has 45 heavy (non-hydrogen) atoms. The van der Waals surface area contributed by atoms with Crippen molar-refractivity contribution in [3.63, 3.8) is 0 Å². The van der Waals surface area contributed by atoms with Gasteiger partial charge >= 0.3 is 18.0 Å². The van der Waals surface area contributed by atoms with Crippen LogP contribution in [0.3, 0.4) is 0 Å². The van der Waals surface area contributed by atoms with Gasteiger partial charge in [0.1, 0.15) is 5.75 Å². The number of amides is 4. The van der Waals surface area contributed by atoms with Gasteiger partial charge in [-0.3, -0.25) is 19.2 Å². The van der Waals surface area contributed by atoms with Gasteiger partial charge in [0.05, 0.1) is 38.1 Å². The summed E-state index contributed by atoms with van der Waals surface area (Å²) in [5, 5.41) is 26.5. The van der Waals surface area contributed by atoms with Gasteiger partial charge < -0.3 is 35.8 Å². The van der Waals surface area contributed by atoms with E-state index >= 15 is 0 Å². The van der Waals surface area contributed by atoms with E-state index in [4.69, 9.17) is 9.84 Å². The monoisotopic (exact) mass is 616 g/mol. The average Bonchev–Trinajstić information content (AvgIpc) is 3.00. The van der Waals surface area contributed by atoms with Crippen LogP contribution in [0.1, 0.15) is 54.0 Å². The maximum atomic E-state index is 13.5. The largest absolute Gasteiger partial charge is 0.495 e. The van der Waals surface area contributed by atoms with Gasteiger partial charge in [-0.15, -0.1) is 0 Å². The quantitative estimate of drug-likeness (QED) is 0.195. The molecule has 3 aromatic rings. The van der Waals surface area contributed by atoms with Crippen LogP contribution < -0.4 is 25.6 Å². The molecule has 3 aromatic carbocycles. The Morgan fingerprint density at radius 3 is 2.38 bits per heavy atom. The van der Waals surface area contributed by atoms with E-state index in [0.717, 1.165) is 11.1 Å². The molecule has 236 valence electrons. The van der Waals surface area contributed by atoms with E-state index < -0.39 is 29.9 Å². The lowest BCUT2D eigenvalue weighted by molar-refractivity contribution is -0.140. The van der Waals surface area contributed by atoms with Gasteiger partial charge in [0.2, 0.25) is 11.8 Å². The van der Waals surface area contributed by atoms with Gasteiger partial charge in [-0.05, 0) is 66.3 Å². The van der Waals surface area contributed by atoms with E-state index in [2.05, 4.69) is 16.0 Å². The molecular formula is C33H36N4O8. The smallest absolute Gasteiger partial charge is 0.323 e. The Labute approximate surface area is 260 Å². The number of nitrogens with one attached hydrogen (secondary N) is 3. The first-order chi connectivity index (χ1) is 21.5. The number of hydrogen-bond acceptors (Lipinski definition) is 6. The second-order valence-electron chi connectivity index (χ2n) is 10.8. The predicted molar refractivity (Wildman–Crippen MR) is 168 cm³/mol. The molecule has 4 rings (SSSR count). The summed E-state index contributed by atoms with van der Waals surface area (Å²) < 4.78 is 5.49. The zero-order chi connectivity index (χ0) is 32.5. The third-order valence-corrected chi connectivity index (χ3v) is 7.47. The van der Waals surface area contributed by atoms with Gasteiger partial charge in [-0.2, -0.15) is 0 Å². The third-order valence-electron chi connectivity index (χ3n) is 7.47. The van der Waals surface area contributed by atoms with E-state index in [-0.39, 0.29) is 31.6 Å². The number of methoxy groups -OCH3 is 1. The summed E-state index contributed by atoms with van der Waals surface area (Å²) in [6, 6.07) is 16.5. The Kier molecular flexibility index (Phi) is 10.7. The van der Waals surface area contributed by atoms with Crippen LogP contribution in [0.25, 0.3) is 0 Å². The van der Waals surface area contributed by atoms with Crippen molar-refractivity contribution >= 4 is 46.8 Å². The second-order valence-corrected chi connectivity index (χ2v) is 10.8. The summed E-state index contributed by atoms with van der Waals surface area (Å²) >= 11 is 0. The fourth-order valence-corrected chi connectivity index (χ4v) is 5.21. The number of fused-ring (bicyclic) bond motifs is 1. The number of rotatable bonds is 12. The number of hydrogen-bond donors (Lipinski definition) is 5. The number of urea groups is 1. The van der Waals surface area contributed by atoms with E-state index in [0.29, 0.717) is 53.3 Å². The number of ether oxygens (including phenoxy) is 1. The Balaban J connectivity index is 1.45. The van der Waals surface area contributed by atoms with Gasteiger partial charge in [-0.25, -0.2) is 4.79 Å². The van der Waals surface area contributed by atoms with Crippen molar-refractivity contribution in [2.75, 3.05) is 29.2 Å². The van der Waals surface area contributed by atoms with Crippen molar-refractivity contribution < 1.29 is 38.9 Å². The minimum absolute atomic E-state index is 0.0779. The van der Waals surface area contributed by atoms with Crippen molar-refractivity contribution in [2.45, 2.75) is 51.5 Å². The fraction of sp³-hybridized carbons (Fsp3) is 0.303. The SMILES string of the molecule is COc1cc(CC(=O)N2CCCc3cc([C@@H](CC(=O)O)NC(=O)CCC(=O)O)ccc32)ccc1NC(=O)Nc1ccccc1C. The highest BCUT2D eigenvalue weighted by atomic mass is 16.5. The molecule has 0 saturated carbocycles. The molecule has 0 saturated heterocycles. The summed E-state index contributed by atoms with van der Waals surface area (Å²) in [6.45, 7) is 2.40. The minimum Gasteiger partial charge on any atom is -0.495 e. The van der Waals surface area contributed by atoms with E-state index in [9.17, 15) is 29.1 Å². The normalized spacial score (nSPS) is 12.8. The third kappa shape index (κ3) is 8.82. The Morgan fingerprint density at radius 1 is 0.911 bits per heavy atom. The van der Waals surface area contributed by atoms with Crippen LogP contribution in [0.15, 0.2) is 60.7 Å². The number of aliphatic carboxylic acids is 2. The molecule has 1 aliphatic heterocycles. The lowest BCUT2D eigenvalue weighted by atomic mass is 9.94. The number of nitrogens with zero attached hydrogens (tertiary/aromatic N) is 1. The molecule has 12 heteroatoms. The van der Waals surface area contributed by atoms with Crippen molar-refractivity contribution in [3.05, 3.63) is 82.9 Å².